The topological polar surface area (TPSA) is 68.9 Å². The van der Waals surface area contributed by atoms with Gasteiger partial charge in [0.2, 0.25) is 0 Å². The van der Waals surface area contributed by atoms with Crippen LogP contribution in [0, 0.1) is 11.3 Å². The predicted molar refractivity (Wildman–Crippen MR) is 111 cm³/mol. The standard InChI is InChI=1S/C13H17N5.C9H12FN/c1-10-2-3-11-9-17(6-7-18(10)11)13-12(8-14)15-4-5-16-13;1-7(2)9-5-3-4-8(6-10)11-9/h4-5,10-11H,2-3,6-7,9H2,1H3;3-5,7H,6H2,1-2H3. The van der Waals surface area contributed by atoms with E-state index >= 15 is 0 Å². The van der Waals surface area contributed by atoms with Gasteiger partial charge >= 0.3 is 0 Å². The lowest BCUT2D eigenvalue weighted by molar-refractivity contribution is 0.184. The van der Waals surface area contributed by atoms with E-state index in [4.69, 9.17) is 5.26 Å². The van der Waals surface area contributed by atoms with Crippen LogP contribution in [0.2, 0.25) is 0 Å². The monoisotopic (exact) mass is 396 g/mol. The van der Waals surface area contributed by atoms with Gasteiger partial charge in [0.25, 0.3) is 0 Å². The number of alkyl halides is 1. The van der Waals surface area contributed by atoms with Gasteiger partial charge in [-0.2, -0.15) is 5.26 Å². The van der Waals surface area contributed by atoms with Crippen LogP contribution in [0.5, 0.6) is 0 Å². The van der Waals surface area contributed by atoms with Crippen molar-refractivity contribution >= 4 is 5.82 Å². The van der Waals surface area contributed by atoms with E-state index < -0.39 is 6.67 Å². The molecule has 2 saturated heterocycles. The Bertz CT molecular complexity index is 849. The van der Waals surface area contributed by atoms with Crippen molar-refractivity contribution in [2.75, 3.05) is 24.5 Å². The second kappa shape index (κ2) is 9.75. The van der Waals surface area contributed by atoms with Crippen LogP contribution in [0.3, 0.4) is 0 Å². The number of rotatable bonds is 3. The number of halogens is 1. The van der Waals surface area contributed by atoms with Crippen molar-refractivity contribution in [3.63, 3.8) is 0 Å². The van der Waals surface area contributed by atoms with Crippen molar-refractivity contribution in [2.24, 2.45) is 0 Å². The van der Waals surface area contributed by atoms with Crippen molar-refractivity contribution < 1.29 is 4.39 Å². The maximum Gasteiger partial charge on any atom is 0.183 e. The first-order valence-electron chi connectivity index (χ1n) is 10.3. The van der Waals surface area contributed by atoms with Gasteiger partial charge in [-0.15, -0.1) is 0 Å². The fraction of sp³-hybridized carbons (Fsp3) is 0.545. The smallest absolute Gasteiger partial charge is 0.183 e. The minimum atomic E-state index is -0.472. The summed E-state index contributed by atoms with van der Waals surface area (Å²) in [5.41, 5.74) is 1.92. The summed E-state index contributed by atoms with van der Waals surface area (Å²) in [5.74, 6) is 1.13. The Kier molecular flexibility index (Phi) is 7.10. The van der Waals surface area contributed by atoms with Gasteiger partial charge in [-0.3, -0.25) is 9.88 Å². The molecule has 2 aromatic rings. The summed E-state index contributed by atoms with van der Waals surface area (Å²) in [6.45, 7) is 8.90. The lowest BCUT2D eigenvalue weighted by Crippen LogP contribution is -2.52. The van der Waals surface area contributed by atoms with E-state index in [-0.39, 0.29) is 0 Å². The van der Waals surface area contributed by atoms with Gasteiger partial charge in [-0.1, -0.05) is 19.9 Å². The van der Waals surface area contributed by atoms with Gasteiger partial charge in [0, 0.05) is 49.8 Å². The minimum absolute atomic E-state index is 0.376. The van der Waals surface area contributed by atoms with E-state index in [0.717, 1.165) is 31.1 Å². The first kappa shape index (κ1) is 21.1. The maximum atomic E-state index is 12.1. The average Bonchev–Trinajstić information content (AvgIpc) is 3.14. The summed E-state index contributed by atoms with van der Waals surface area (Å²) in [5, 5.41) is 9.09. The Morgan fingerprint density at radius 3 is 2.72 bits per heavy atom. The Morgan fingerprint density at radius 1 is 1.21 bits per heavy atom. The number of pyridine rings is 1. The number of nitriles is 1. The van der Waals surface area contributed by atoms with Crippen LogP contribution < -0.4 is 4.90 Å². The number of hydrogen-bond donors (Lipinski definition) is 0. The summed E-state index contributed by atoms with van der Waals surface area (Å²) < 4.78 is 12.1. The highest BCUT2D eigenvalue weighted by Crippen LogP contribution is 2.29. The van der Waals surface area contributed by atoms with Gasteiger partial charge < -0.3 is 4.90 Å². The predicted octanol–water partition coefficient (Wildman–Crippen LogP) is 3.70. The van der Waals surface area contributed by atoms with E-state index in [1.807, 2.05) is 26.0 Å². The zero-order valence-corrected chi connectivity index (χ0v) is 17.4. The molecule has 29 heavy (non-hydrogen) atoms. The normalized spacial score (nSPS) is 21.3. The number of fused-ring (bicyclic) bond motifs is 1. The Morgan fingerprint density at radius 2 is 2.00 bits per heavy atom. The molecule has 4 rings (SSSR count). The SMILES string of the molecule is CC(C)c1cccc(CF)n1.CC1CCC2CN(c3nccnc3C#N)CCN12. The van der Waals surface area contributed by atoms with Crippen LogP contribution in [0.15, 0.2) is 30.6 Å². The second-order valence-corrected chi connectivity index (χ2v) is 7.95. The molecule has 2 unspecified atom stereocenters. The van der Waals surface area contributed by atoms with Crippen LogP contribution in [-0.4, -0.2) is 51.6 Å². The van der Waals surface area contributed by atoms with Gasteiger partial charge in [0.1, 0.15) is 12.7 Å². The highest BCUT2D eigenvalue weighted by Gasteiger charge is 2.35. The van der Waals surface area contributed by atoms with E-state index in [1.54, 1.807) is 18.5 Å². The summed E-state index contributed by atoms with van der Waals surface area (Å²) in [7, 11) is 0. The summed E-state index contributed by atoms with van der Waals surface area (Å²) in [4.78, 5) is 17.3. The van der Waals surface area contributed by atoms with Crippen molar-refractivity contribution in [1.29, 1.82) is 5.26 Å². The van der Waals surface area contributed by atoms with Crippen LogP contribution in [0.25, 0.3) is 0 Å². The quantitative estimate of drug-likeness (QED) is 0.788. The molecule has 0 radical (unpaired) electrons. The average molecular weight is 397 g/mol. The molecule has 2 aliphatic rings. The Balaban J connectivity index is 0.000000188. The van der Waals surface area contributed by atoms with Gasteiger partial charge in [-0.05, 0) is 37.8 Å². The maximum absolute atomic E-state index is 12.1. The molecule has 7 heteroatoms. The number of nitrogens with zero attached hydrogens (tertiary/aromatic N) is 6. The lowest BCUT2D eigenvalue weighted by atomic mass is 10.1. The molecule has 4 heterocycles. The largest absolute Gasteiger partial charge is 0.351 e. The summed E-state index contributed by atoms with van der Waals surface area (Å²) >= 11 is 0. The molecule has 0 aromatic carbocycles. The van der Waals surface area contributed by atoms with E-state index in [9.17, 15) is 4.39 Å². The first-order valence-corrected chi connectivity index (χ1v) is 10.3. The minimum Gasteiger partial charge on any atom is -0.351 e. The third-order valence-electron chi connectivity index (χ3n) is 5.65. The molecule has 0 aliphatic carbocycles. The Labute approximate surface area is 172 Å². The zero-order chi connectivity index (χ0) is 20.8. The first-order chi connectivity index (χ1) is 14.0. The van der Waals surface area contributed by atoms with Crippen LogP contribution >= 0.6 is 0 Å². The van der Waals surface area contributed by atoms with E-state index in [1.165, 1.54) is 12.8 Å². The van der Waals surface area contributed by atoms with E-state index in [2.05, 4.69) is 37.7 Å². The fourth-order valence-electron chi connectivity index (χ4n) is 4.03. The molecule has 2 aromatic heterocycles. The molecule has 0 N–H and O–H groups in total. The molecule has 6 nitrogen and oxygen atoms in total. The lowest BCUT2D eigenvalue weighted by Gasteiger charge is -2.39. The molecule has 2 aliphatic heterocycles. The van der Waals surface area contributed by atoms with Gasteiger partial charge in [0.05, 0.1) is 5.69 Å². The number of hydrogen-bond acceptors (Lipinski definition) is 6. The highest BCUT2D eigenvalue weighted by atomic mass is 19.1. The third kappa shape index (κ3) is 5.07. The molecular formula is C22H29FN6. The molecule has 0 bridgehead atoms. The molecule has 0 spiro atoms. The summed E-state index contributed by atoms with van der Waals surface area (Å²) in [6, 6.07) is 8.91. The molecule has 0 amide bonds. The number of piperazine rings is 1. The van der Waals surface area contributed by atoms with Crippen molar-refractivity contribution in [3.8, 4) is 6.07 Å². The fourth-order valence-corrected chi connectivity index (χ4v) is 4.03. The van der Waals surface area contributed by atoms with Crippen LogP contribution in [0.4, 0.5) is 10.2 Å². The van der Waals surface area contributed by atoms with Crippen molar-refractivity contribution in [3.05, 3.63) is 47.7 Å². The van der Waals surface area contributed by atoms with Gasteiger partial charge in [-0.25, -0.2) is 14.4 Å². The molecule has 154 valence electrons. The number of anilines is 1. The number of aromatic nitrogens is 3. The van der Waals surface area contributed by atoms with Crippen LogP contribution in [0.1, 0.15) is 56.6 Å². The Hall–Kier alpha value is -2.59. The highest BCUT2D eigenvalue weighted by molar-refractivity contribution is 5.50. The third-order valence-corrected chi connectivity index (χ3v) is 5.65. The molecular weight excluding hydrogens is 367 g/mol. The summed E-state index contributed by atoms with van der Waals surface area (Å²) in [6.07, 6.45) is 5.78. The second-order valence-electron chi connectivity index (χ2n) is 7.95. The van der Waals surface area contributed by atoms with Crippen LogP contribution in [-0.2, 0) is 6.67 Å². The molecule has 2 atom stereocenters. The van der Waals surface area contributed by atoms with Crippen molar-refractivity contribution in [2.45, 2.75) is 58.3 Å². The zero-order valence-electron chi connectivity index (χ0n) is 17.4. The van der Waals surface area contributed by atoms with Gasteiger partial charge in [0.15, 0.2) is 11.5 Å². The molecule has 0 saturated carbocycles. The van der Waals surface area contributed by atoms with Crippen molar-refractivity contribution in [1.82, 2.24) is 19.9 Å². The molecule has 2 fully saturated rings. The van der Waals surface area contributed by atoms with E-state index in [0.29, 0.717) is 29.4 Å².